The molecule has 0 unspecified atom stereocenters. The van der Waals surface area contributed by atoms with Crippen LogP contribution in [0, 0.1) is 18.6 Å². The van der Waals surface area contributed by atoms with Gasteiger partial charge in [-0.05, 0) is 59.5 Å². The highest BCUT2D eigenvalue weighted by molar-refractivity contribution is 5.91. The molecule has 11 heteroatoms. The first kappa shape index (κ1) is 28.0. The molecular weight excluding hydrogens is 524 g/mol. The smallest absolute Gasteiger partial charge is 0.339 e. The van der Waals surface area contributed by atoms with Crippen LogP contribution in [-0.2, 0) is 11.3 Å². The van der Waals surface area contributed by atoms with Crippen LogP contribution < -0.4 is 20.1 Å². The zero-order chi connectivity index (χ0) is 29.0. The molecule has 1 aromatic heterocycles. The molecule has 0 aliphatic carbocycles. The molecule has 4 N–H and O–H groups in total. The van der Waals surface area contributed by atoms with Gasteiger partial charge in [0, 0.05) is 13.6 Å². The number of aliphatic carboxylic acids is 1. The molecule has 0 aliphatic rings. The number of anilines is 1. The van der Waals surface area contributed by atoms with Crippen LogP contribution in [-0.4, -0.2) is 40.7 Å². The van der Waals surface area contributed by atoms with Gasteiger partial charge in [0.15, 0.2) is 0 Å². The normalized spacial score (nSPS) is 10.7. The lowest BCUT2D eigenvalue weighted by atomic mass is 10.0. The average molecular weight is 550 g/mol. The number of nitrogens with zero attached hydrogens (tertiary/aromatic N) is 2. The quantitative estimate of drug-likeness (QED) is 0.231. The van der Waals surface area contributed by atoms with Crippen molar-refractivity contribution in [2.45, 2.75) is 13.5 Å². The van der Waals surface area contributed by atoms with E-state index in [4.69, 9.17) is 15.2 Å². The third kappa shape index (κ3) is 6.16. The summed E-state index contributed by atoms with van der Waals surface area (Å²) in [5.74, 6) is -6.90. The van der Waals surface area contributed by atoms with Gasteiger partial charge in [0.1, 0.15) is 29.3 Å². The second kappa shape index (κ2) is 11.8. The summed E-state index contributed by atoms with van der Waals surface area (Å²) in [5, 5.41) is 18.7. The fourth-order valence-electron chi connectivity index (χ4n) is 3.97. The fourth-order valence-corrected chi connectivity index (χ4v) is 3.97. The number of rotatable bonds is 10. The molecule has 0 radical (unpaired) electrons. The van der Waals surface area contributed by atoms with E-state index in [1.807, 2.05) is 30.3 Å². The Morgan fingerprint density at radius 2 is 1.57 bits per heavy atom. The number of hydrogen-bond donors (Lipinski definition) is 3. The first-order chi connectivity index (χ1) is 19.1. The van der Waals surface area contributed by atoms with Crippen molar-refractivity contribution in [2.75, 3.05) is 18.5 Å². The molecule has 1 heterocycles. The minimum atomic E-state index is -1.35. The molecule has 0 aliphatic heterocycles. The highest BCUT2D eigenvalue weighted by Gasteiger charge is 2.28. The SMILES string of the molecule is Cc1ccc(C(=O)O)c(Oc2nc(Oc3cccc(-c4cccc(CN)c4)c3)c(F)c(N(C)CC(=O)O)c2F)c1. The van der Waals surface area contributed by atoms with Crippen LogP contribution in [0.2, 0.25) is 0 Å². The Balaban J connectivity index is 1.80. The second-order valence-corrected chi connectivity index (χ2v) is 8.89. The van der Waals surface area contributed by atoms with Gasteiger partial charge in [0.25, 0.3) is 11.8 Å². The number of hydrogen-bond acceptors (Lipinski definition) is 7. The van der Waals surface area contributed by atoms with E-state index in [-0.39, 0.29) is 17.1 Å². The Bertz CT molecular complexity index is 1590. The van der Waals surface area contributed by atoms with E-state index in [9.17, 15) is 19.8 Å². The molecule has 4 aromatic rings. The molecule has 0 atom stereocenters. The number of nitrogens with two attached hydrogens (primary N) is 1. The van der Waals surface area contributed by atoms with E-state index < -0.39 is 47.6 Å². The number of pyridine rings is 1. The Morgan fingerprint density at radius 3 is 2.23 bits per heavy atom. The number of likely N-dealkylation sites (N-methyl/N-ethyl adjacent to an activating group) is 1. The minimum absolute atomic E-state index is 0.147. The molecular formula is C29H25F2N3O6. The highest BCUT2D eigenvalue weighted by atomic mass is 19.1. The third-order valence-electron chi connectivity index (χ3n) is 5.87. The predicted molar refractivity (Wildman–Crippen MR) is 143 cm³/mol. The molecule has 0 bridgehead atoms. The molecule has 0 spiro atoms. The topological polar surface area (TPSA) is 135 Å². The van der Waals surface area contributed by atoms with Gasteiger partial charge in [-0.1, -0.05) is 36.4 Å². The molecule has 40 heavy (non-hydrogen) atoms. The number of aryl methyl sites for hydroxylation is 1. The molecule has 0 fully saturated rings. The number of carboxylic acids is 2. The maximum atomic E-state index is 15.6. The van der Waals surface area contributed by atoms with Crippen molar-refractivity contribution < 1.29 is 38.1 Å². The minimum Gasteiger partial charge on any atom is -0.480 e. The number of halogens is 2. The van der Waals surface area contributed by atoms with Gasteiger partial charge >= 0.3 is 11.9 Å². The van der Waals surface area contributed by atoms with Gasteiger partial charge in [0.05, 0.1) is 0 Å². The summed E-state index contributed by atoms with van der Waals surface area (Å²) in [7, 11) is 1.17. The number of aromatic carboxylic acids is 1. The second-order valence-electron chi connectivity index (χ2n) is 8.89. The largest absolute Gasteiger partial charge is 0.480 e. The number of benzene rings is 3. The van der Waals surface area contributed by atoms with Crippen molar-refractivity contribution in [3.8, 4) is 34.4 Å². The van der Waals surface area contributed by atoms with E-state index in [0.717, 1.165) is 21.6 Å². The van der Waals surface area contributed by atoms with Crippen molar-refractivity contribution in [3.05, 3.63) is 95.1 Å². The lowest BCUT2D eigenvalue weighted by molar-refractivity contribution is -0.135. The zero-order valence-corrected chi connectivity index (χ0v) is 21.5. The van der Waals surface area contributed by atoms with Gasteiger partial charge in [-0.2, -0.15) is 13.8 Å². The number of aromatic nitrogens is 1. The van der Waals surface area contributed by atoms with E-state index in [1.54, 1.807) is 19.1 Å². The standard InChI is InChI=1S/C29H25F2N3O6/c1-16-9-10-21(29(37)38)22(11-16)40-28-25(31)26(34(2)15-23(35)36)24(30)27(33-28)39-20-8-4-7-19(13-20)18-6-3-5-17(12-18)14-32/h3-13H,14-15,32H2,1-2H3,(H,35,36)(H,37,38). The Morgan fingerprint density at radius 1 is 0.925 bits per heavy atom. The number of carboxylic acid groups (broad SMARTS) is 2. The monoisotopic (exact) mass is 549 g/mol. The van der Waals surface area contributed by atoms with Crippen LogP contribution in [0.3, 0.4) is 0 Å². The predicted octanol–water partition coefficient (Wildman–Crippen LogP) is 5.60. The summed E-state index contributed by atoms with van der Waals surface area (Å²) in [5.41, 5.74) is 7.74. The molecule has 0 amide bonds. The van der Waals surface area contributed by atoms with E-state index >= 15 is 8.78 Å². The first-order valence-corrected chi connectivity index (χ1v) is 12.0. The Kier molecular flexibility index (Phi) is 8.25. The van der Waals surface area contributed by atoms with Crippen LogP contribution in [0.15, 0.2) is 66.7 Å². The van der Waals surface area contributed by atoms with Gasteiger partial charge in [0.2, 0.25) is 11.6 Å². The van der Waals surface area contributed by atoms with Crippen molar-refractivity contribution in [3.63, 3.8) is 0 Å². The summed E-state index contributed by atoms with van der Waals surface area (Å²) in [6.07, 6.45) is 0. The van der Waals surface area contributed by atoms with E-state index in [0.29, 0.717) is 12.1 Å². The van der Waals surface area contributed by atoms with Gasteiger partial charge in [-0.25, -0.2) is 4.79 Å². The van der Waals surface area contributed by atoms with Crippen molar-refractivity contribution in [2.24, 2.45) is 5.73 Å². The highest BCUT2D eigenvalue weighted by Crippen LogP contribution is 2.39. The third-order valence-corrected chi connectivity index (χ3v) is 5.87. The number of carbonyl (C=O) groups is 2. The Hall–Kier alpha value is -5.03. The summed E-state index contributed by atoms with van der Waals surface area (Å²) in [6.45, 7) is 1.26. The molecule has 0 saturated heterocycles. The maximum Gasteiger partial charge on any atom is 0.339 e. The molecule has 9 nitrogen and oxygen atoms in total. The van der Waals surface area contributed by atoms with Crippen LogP contribution in [0.4, 0.5) is 14.5 Å². The van der Waals surface area contributed by atoms with Crippen LogP contribution in [0.5, 0.6) is 23.3 Å². The molecule has 206 valence electrons. The van der Waals surface area contributed by atoms with Crippen LogP contribution >= 0.6 is 0 Å². The van der Waals surface area contributed by atoms with E-state index in [2.05, 4.69) is 4.98 Å². The molecule has 3 aromatic carbocycles. The molecule has 4 rings (SSSR count). The summed E-state index contributed by atoms with van der Waals surface area (Å²) in [4.78, 5) is 27.7. The van der Waals surface area contributed by atoms with Gasteiger partial charge in [-0.15, -0.1) is 0 Å². The Labute approximate surface area is 228 Å². The summed E-state index contributed by atoms with van der Waals surface area (Å²) >= 11 is 0. The lowest BCUT2D eigenvalue weighted by Gasteiger charge is -2.21. The first-order valence-electron chi connectivity index (χ1n) is 12.0. The van der Waals surface area contributed by atoms with Crippen molar-refractivity contribution in [1.82, 2.24) is 4.98 Å². The lowest BCUT2D eigenvalue weighted by Crippen LogP contribution is -2.27. The average Bonchev–Trinajstić information content (AvgIpc) is 2.91. The molecule has 0 saturated carbocycles. The maximum absolute atomic E-state index is 15.6. The zero-order valence-electron chi connectivity index (χ0n) is 21.5. The summed E-state index contributed by atoms with van der Waals surface area (Å²) in [6, 6.07) is 18.3. The number of ether oxygens (including phenoxy) is 2. The van der Waals surface area contributed by atoms with E-state index in [1.165, 1.54) is 31.3 Å². The van der Waals surface area contributed by atoms with Crippen molar-refractivity contribution in [1.29, 1.82) is 0 Å². The fraction of sp³-hybridized carbons (Fsp3) is 0.138. The van der Waals surface area contributed by atoms with Crippen LogP contribution in [0.25, 0.3) is 11.1 Å². The summed E-state index contributed by atoms with van der Waals surface area (Å²) < 4.78 is 42.4. The van der Waals surface area contributed by atoms with Crippen LogP contribution in [0.1, 0.15) is 21.5 Å². The van der Waals surface area contributed by atoms with Gasteiger partial charge in [-0.3, -0.25) is 4.79 Å². The van der Waals surface area contributed by atoms with Crippen molar-refractivity contribution >= 4 is 17.6 Å². The van der Waals surface area contributed by atoms with Gasteiger partial charge < -0.3 is 30.3 Å².